The van der Waals surface area contributed by atoms with Crippen LogP contribution in [0.25, 0.3) is 0 Å². The van der Waals surface area contributed by atoms with Gasteiger partial charge in [-0.3, -0.25) is 9.69 Å². The Kier molecular flexibility index (Phi) is 1.76. The van der Waals surface area contributed by atoms with Crippen LogP contribution in [-0.2, 0) is 4.79 Å². The molecular formula is C7H11NO2. The Balaban J connectivity index is 2.72. The molecule has 0 aromatic carbocycles. The van der Waals surface area contributed by atoms with Crippen molar-refractivity contribution in [2.75, 3.05) is 13.6 Å². The van der Waals surface area contributed by atoms with Crippen molar-refractivity contribution < 1.29 is 9.90 Å². The number of likely N-dealkylation sites (tertiary alicyclic amines) is 1. The number of carboxylic acid groups (broad SMARTS) is 1. The molecule has 1 fully saturated rings. The predicted octanol–water partition coefficient (Wildman–Crippen LogP) is 0.331. The minimum Gasteiger partial charge on any atom is -0.480 e. The summed E-state index contributed by atoms with van der Waals surface area (Å²) in [4.78, 5) is 12.3. The van der Waals surface area contributed by atoms with Crippen molar-refractivity contribution >= 4 is 5.97 Å². The lowest BCUT2D eigenvalue weighted by molar-refractivity contribution is -0.140. The maximum Gasteiger partial charge on any atom is 0.325 e. The highest BCUT2D eigenvalue weighted by Gasteiger charge is 2.30. The monoisotopic (exact) mass is 141 g/mol. The van der Waals surface area contributed by atoms with Crippen LogP contribution in [0.3, 0.4) is 0 Å². The third-order valence-corrected chi connectivity index (χ3v) is 1.85. The van der Waals surface area contributed by atoms with Gasteiger partial charge in [0.1, 0.15) is 6.04 Å². The maximum atomic E-state index is 10.5. The molecule has 0 bridgehead atoms. The number of rotatable bonds is 1. The number of likely N-dealkylation sites (N-methyl/N-ethyl adjacent to an activating group) is 1. The first-order chi connectivity index (χ1) is 4.63. The van der Waals surface area contributed by atoms with Crippen molar-refractivity contribution in [3.8, 4) is 0 Å². The first kappa shape index (κ1) is 7.28. The Morgan fingerprint density at radius 1 is 1.90 bits per heavy atom. The Bertz CT molecular complexity index is 176. The molecule has 0 saturated carbocycles. The quantitative estimate of drug-likeness (QED) is 0.535. The molecule has 0 aliphatic carbocycles. The summed E-state index contributed by atoms with van der Waals surface area (Å²) >= 11 is 0. The number of aliphatic carboxylic acids is 1. The third kappa shape index (κ3) is 1.04. The minimum absolute atomic E-state index is 0.444. The van der Waals surface area contributed by atoms with E-state index in [1.165, 1.54) is 0 Å². The lowest BCUT2D eigenvalue weighted by Gasteiger charge is -2.14. The molecule has 1 N–H and O–H groups in total. The fraction of sp³-hybridized carbons (Fsp3) is 0.571. The molecule has 56 valence electrons. The van der Waals surface area contributed by atoms with Crippen LogP contribution in [0.15, 0.2) is 12.2 Å². The summed E-state index contributed by atoms with van der Waals surface area (Å²) in [5.41, 5.74) is 0.815. The molecule has 0 spiro atoms. The van der Waals surface area contributed by atoms with Crippen LogP contribution < -0.4 is 0 Å². The highest BCUT2D eigenvalue weighted by molar-refractivity contribution is 5.77. The van der Waals surface area contributed by atoms with E-state index in [1.807, 2.05) is 0 Å². The van der Waals surface area contributed by atoms with Gasteiger partial charge in [-0.2, -0.15) is 0 Å². The van der Waals surface area contributed by atoms with Crippen LogP contribution >= 0.6 is 0 Å². The summed E-state index contributed by atoms with van der Waals surface area (Å²) in [6.45, 7) is 4.50. The predicted molar refractivity (Wildman–Crippen MR) is 37.8 cm³/mol. The van der Waals surface area contributed by atoms with Crippen molar-refractivity contribution in [1.82, 2.24) is 4.90 Å². The summed E-state index contributed by atoms with van der Waals surface area (Å²) in [5, 5.41) is 8.65. The molecule has 1 aliphatic rings. The van der Waals surface area contributed by atoms with Crippen LogP contribution in [0.1, 0.15) is 6.42 Å². The molecule has 0 unspecified atom stereocenters. The van der Waals surface area contributed by atoms with E-state index in [0.29, 0.717) is 0 Å². The van der Waals surface area contributed by atoms with E-state index in [1.54, 1.807) is 11.9 Å². The highest BCUT2D eigenvalue weighted by atomic mass is 16.4. The van der Waals surface area contributed by atoms with Crippen molar-refractivity contribution in [3.63, 3.8) is 0 Å². The van der Waals surface area contributed by atoms with Crippen LogP contribution in [0, 0.1) is 0 Å². The molecule has 3 nitrogen and oxygen atoms in total. The third-order valence-electron chi connectivity index (χ3n) is 1.85. The van der Waals surface area contributed by atoms with Crippen molar-refractivity contribution in [2.24, 2.45) is 0 Å². The van der Waals surface area contributed by atoms with Crippen molar-refractivity contribution in [1.29, 1.82) is 0 Å². The number of nitrogens with zero attached hydrogens (tertiary/aromatic N) is 1. The lowest BCUT2D eigenvalue weighted by Crippen LogP contribution is -2.33. The van der Waals surface area contributed by atoms with Gasteiger partial charge in [-0.05, 0) is 19.0 Å². The van der Waals surface area contributed by atoms with E-state index in [2.05, 4.69) is 6.58 Å². The van der Waals surface area contributed by atoms with Gasteiger partial charge in [0.2, 0.25) is 0 Å². The first-order valence-electron chi connectivity index (χ1n) is 3.23. The largest absolute Gasteiger partial charge is 0.480 e. The smallest absolute Gasteiger partial charge is 0.325 e. The Hall–Kier alpha value is -0.830. The zero-order valence-electron chi connectivity index (χ0n) is 6.00. The second-order valence-corrected chi connectivity index (χ2v) is 2.63. The summed E-state index contributed by atoms with van der Waals surface area (Å²) in [5.74, 6) is -0.787. The first-order valence-corrected chi connectivity index (χ1v) is 3.23. The van der Waals surface area contributed by atoms with Gasteiger partial charge in [0.05, 0.1) is 0 Å². The van der Waals surface area contributed by atoms with E-state index < -0.39 is 12.0 Å². The number of carbonyl (C=O) groups is 1. The van der Waals surface area contributed by atoms with Gasteiger partial charge in [-0.1, -0.05) is 6.58 Å². The maximum absolute atomic E-state index is 10.5. The molecule has 3 heteroatoms. The van der Waals surface area contributed by atoms with Gasteiger partial charge >= 0.3 is 5.97 Å². The molecule has 0 radical (unpaired) electrons. The summed E-state index contributed by atoms with van der Waals surface area (Å²) < 4.78 is 0. The summed E-state index contributed by atoms with van der Waals surface area (Å²) in [6, 6.07) is -0.444. The fourth-order valence-electron chi connectivity index (χ4n) is 1.26. The number of hydrogen-bond donors (Lipinski definition) is 1. The molecule has 0 amide bonds. The average molecular weight is 141 g/mol. The minimum atomic E-state index is -0.787. The summed E-state index contributed by atoms with van der Waals surface area (Å²) in [7, 11) is 1.80. The molecule has 0 aromatic heterocycles. The second-order valence-electron chi connectivity index (χ2n) is 2.63. The van der Waals surface area contributed by atoms with E-state index >= 15 is 0 Å². The molecular weight excluding hydrogens is 130 g/mol. The molecule has 1 atom stereocenters. The second kappa shape index (κ2) is 2.42. The average Bonchev–Trinajstić information content (AvgIpc) is 2.11. The van der Waals surface area contributed by atoms with Crippen LogP contribution in [-0.4, -0.2) is 35.6 Å². The Labute approximate surface area is 59.9 Å². The van der Waals surface area contributed by atoms with Gasteiger partial charge in [-0.25, -0.2) is 0 Å². The van der Waals surface area contributed by atoms with E-state index in [4.69, 9.17) is 5.11 Å². The molecule has 0 aromatic rings. The number of hydrogen-bond acceptors (Lipinski definition) is 2. The van der Waals surface area contributed by atoms with Crippen molar-refractivity contribution in [2.45, 2.75) is 12.5 Å². The lowest BCUT2D eigenvalue weighted by atomic mass is 10.1. The normalized spacial score (nSPS) is 27.3. The van der Waals surface area contributed by atoms with Gasteiger partial charge in [0.15, 0.2) is 0 Å². The zero-order valence-corrected chi connectivity index (χ0v) is 6.00. The molecule has 1 saturated heterocycles. The fourth-order valence-corrected chi connectivity index (χ4v) is 1.26. The summed E-state index contributed by atoms with van der Waals surface area (Å²) in [6.07, 6.45) is 0.813. The van der Waals surface area contributed by atoms with E-state index in [9.17, 15) is 4.79 Å². The molecule has 1 aliphatic heterocycles. The molecule has 1 heterocycles. The molecule has 1 rings (SSSR count). The van der Waals surface area contributed by atoms with Crippen LogP contribution in [0.5, 0.6) is 0 Å². The topological polar surface area (TPSA) is 40.5 Å². The van der Waals surface area contributed by atoms with Gasteiger partial charge in [-0.15, -0.1) is 0 Å². The standard InChI is InChI=1S/C7H11NO2/c1-5-3-4-8(2)6(5)7(9)10/h6H,1,3-4H2,2H3,(H,9,10)/t6-/m0/s1. The van der Waals surface area contributed by atoms with E-state index in [0.717, 1.165) is 18.5 Å². The molecule has 10 heavy (non-hydrogen) atoms. The number of carboxylic acids is 1. The van der Waals surface area contributed by atoms with Gasteiger partial charge in [0.25, 0.3) is 0 Å². The van der Waals surface area contributed by atoms with Gasteiger partial charge < -0.3 is 5.11 Å². The Morgan fingerprint density at radius 3 is 2.70 bits per heavy atom. The van der Waals surface area contributed by atoms with Crippen LogP contribution in [0.4, 0.5) is 0 Å². The zero-order chi connectivity index (χ0) is 7.72. The van der Waals surface area contributed by atoms with Gasteiger partial charge in [0, 0.05) is 6.54 Å². The van der Waals surface area contributed by atoms with Crippen LogP contribution in [0.2, 0.25) is 0 Å². The van der Waals surface area contributed by atoms with Crippen molar-refractivity contribution in [3.05, 3.63) is 12.2 Å². The highest BCUT2D eigenvalue weighted by Crippen LogP contribution is 2.19. The Morgan fingerprint density at radius 2 is 2.50 bits per heavy atom. The SMILES string of the molecule is C=C1CCN(C)[C@@H]1C(=O)O. The van der Waals surface area contributed by atoms with E-state index in [-0.39, 0.29) is 0 Å².